The Morgan fingerprint density at radius 2 is 1.74 bits per heavy atom. The molecule has 3 aromatic rings. The second-order valence-corrected chi connectivity index (χ2v) is 8.41. The first kappa shape index (κ1) is 23.0. The zero-order valence-electron chi connectivity index (χ0n) is 19.1. The number of piperazine rings is 1. The number of rotatable bonds is 6. The molecule has 1 N–H and O–H groups in total. The molecule has 0 saturated carbocycles. The summed E-state index contributed by atoms with van der Waals surface area (Å²) in [6.07, 6.45) is 0. The maximum Gasteiger partial charge on any atom is 0.291 e. The SMILES string of the molecule is CC(C)C(=O)N1CCN(c2ccccc2NC(=O)c2ccc(-c3cccc([N+](=O)[O-])c3)o2)CC1. The number of nitro groups is 1. The van der Waals surface area contributed by atoms with E-state index in [4.69, 9.17) is 4.42 Å². The Morgan fingerprint density at radius 1 is 1.00 bits per heavy atom. The summed E-state index contributed by atoms with van der Waals surface area (Å²) in [5, 5.41) is 13.9. The molecule has 0 spiro atoms. The third-order valence-electron chi connectivity index (χ3n) is 5.75. The summed E-state index contributed by atoms with van der Waals surface area (Å²) in [4.78, 5) is 39.8. The van der Waals surface area contributed by atoms with Crippen molar-refractivity contribution in [1.29, 1.82) is 0 Å². The molecule has 0 bridgehead atoms. The summed E-state index contributed by atoms with van der Waals surface area (Å²) in [6.45, 7) is 6.40. The zero-order chi connectivity index (χ0) is 24.2. The molecular weight excluding hydrogens is 436 g/mol. The molecule has 0 unspecified atom stereocenters. The van der Waals surface area contributed by atoms with E-state index in [0.717, 1.165) is 5.69 Å². The van der Waals surface area contributed by atoms with Gasteiger partial charge in [-0.1, -0.05) is 38.1 Å². The molecule has 0 atom stereocenters. The van der Waals surface area contributed by atoms with Crippen LogP contribution in [0.25, 0.3) is 11.3 Å². The lowest BCUT2D eigenvalue weighted by molar-refractivity contribution is -0.384. The average Bonchev–Trinajstić information content (AvgIpc) is 3.35. The van der Waals surface area contributed by atoms with E-state index in [9.17, 15) is 19.7 Å². The Hall–Kier alpha value is -4.14. The fourth-order valence-electron chi connectivity index (χ4n) is 3.96. The van der Waals surface area contributed by atoms with Gasteiger partial charge in [-0.2, -0.15) is 0 Å². The highest BCUT2D eigenvalue weighted by molar-refractivity contribution is 6.04. The minimum atomic E-state index is -0.477. The topological polar surface area (TPSA) is 109 Å². The van der Waals surface area contributed by atoms with Gasteiger partial charge >= 0.3 is 0 Å². The van der Waals surface area contributed by atoms with Gasteiger partial charge in [-0.15, -0.1) is 0 Å². The third-order valence-corrected chi connectivity index (χ3v) is 5.75. The van der Waals surface area contributed by atoms with Gasteiger partial charge in [-0.05, 0) is 24.3 Å². The number of nitrogens with zero attached hydrogens (tertiary/aromatic N) is 3. The molecule has 0 aliphatic carbocycles. The number of amides is 2. The third kappa shape index (κ3) is 4.93. The van der Waals surface area contributed by atoms with Crippen molar-refractivity contribution >= 4 is 28.9 Å². The van der Waals surface area contributed by atoms with Crippen LogP contribution in [0.2, 0.25) is 0 Å². The summed E-state index contributed by atoms with van der Waals surface area (Å²) in [5.41, 5.74) is 1.98. The van der Waals surface area contributed by atoms with Gasteiger partial charge < -0.3 is 19.5 Å². The van der Waals surface area contributed by atoms with Gasteiger partial charge in [0.25, 0.3) is 11.6 Å². The van der Waals surface area contributed by atoms with Gasteiger partial charge in [0.2, 0.25) is 5.91 Å². The summed E-state index contributed by atoms with van der Waals surface area (Å²) < 4.78 is 5.69. The molecule has 1 aliphatic rings. The van der Waals surface area contributed by atoms with Crippen LogP contribution in [0.1, 0.15) is 24.4 Å². The number of anilines is 2. The second kappa shape index (κ2) is 9.78. The highest BCUT2D eigenvalue weighted by atomic mass is 16.6. The first-order valence-corrected chi connectivity index (χ1v) is 11.1. The molecule has 34 heavy (non-hydrogen) atoms. The Bertz CT molecular complexity index is 1210. The maximum absolute atomic E-state index is 12.9. The van der Waals surface area contributed by atoms with Crippen molar-refractivity contribution < 1.29 is 18.9 Å². The number of furan rings is 1. The monoisotopic (exact) mass is 462 g/mol. The van der Waals surface area contributed by atoms with Crippen molar-refractivity contribution in [2.45, 2.75) is 13.8 Å². The van der Waals surface area contributed by atoms with Crippen LogP contribution >= 0.6 is 0 Å². The van der Waals surface area contributed by atoms with Crippen molar-refractivity contribution in [2.24, 2.45) is 5.92 Å². The Labute approximate surface area is 197 Å². The van der Waals surface area contributed by atoms with Crippen molar-refractivity contribution in [3.8, 4) is 11.3 Å². The maximum atomic E-state index is 12.9. The Morgan fingerprint density at radius 3 is 2.44 bits per heavy atom. The van der Waals surface area contributed by atoms with Crippen LogP contribution in [0.15, 0.2) is 65.1 Å². The largest absolute Gasteiger partial charge is 0.451 e. The number of hydrogen-bond donors (Lipinski definition) is 1. The number of carbonyl (C=O) groups excluding carboxylic acids is 2. The number of para-hydroxylation sites is 2. The molecule has 9 heteroatoms. The minimum absolute atomic E-state index is 0.0293. The first-order chi connectivity index (χ1) is 16.3. The predicted molar refractivity (Wildman–Crippen MR) is 129 cm³/mol. The van der Waals surface area contributed by atoms with Crippen LogP contribution in [-0.2, 0) is 4.79 Å². The van der Waals surface area contributed by atoms with Crippen LogP contribution in [0.5, 0.6) is 0 Å². The molecule has 1 fully saturated rings. The molecule has 0 radical (unpaired) electrons. The summed E-state index contributed by atoms with van der Waals surface area (Å²) in [6, 6.07) is 16.7. The number of carbonyl (C=O) groups is 2. The number of nitro benzene ring substituents is 1. The van der Waals surface area contributed by atoms with Crippen molar-refractivity contribution in [3.05, 3.63) is 76.5 Å². The summed E-state index contributed by atoms with van der Waals surface area (Å²) >= 11 is 0. The van der Waals surface area contributed by atoms with Gasteiger partial charge in [0, 0.05) is 49.8 Å². The summed E-state index contributed by atoms with van der Waals surface area (Å²) in [5.74, 6) is 0.173. The molecular formula is C25H26N4O5. The van der Waals surface area contributed by atoms with Gasteiger partial charge in [0.1, 0.15) is 5.76 Å². The molecule has 4 rings (SSSR count). The number of non-ortho nitro benzene ring substituents is 1. The van der Waals surface area contributed by atoms with Crippen molar-refractivity contribution in [1.82, 2.24) is 4.90 Å². The fraction of sp³-hybridized carbons (Fsp3) is 0.280. The highest BCUT2D eigenvalue weighted by Gasteiger charge is 2.24. The normalized spacial score (nSPS) is 13.7. The van der Waals surface area contributed by atoms with Gasteiger partial charge in [0.15, 0.2) is 5.76 Å². The van der Waals surface area contributed by atoms with Gasteiger partial charge in [-0.3, -0.25) is 19.7 Å². The lowest BCUT2D eigenvalue weighted by atomic mass is 10.1. The van der Waals surface area contributed by atoms with Crippen LogP contribution in [0.4, 0.5) is 17.1 Å². The molecule has 2 heterocycles. The Balaban J connectivity index is 1.47. The first-order valence-electron chi connectivity index (χ1n) is 11.1. The van der Waals surface area contributed by atoms with Crippen LogP contribution in [0, 0.1) is 16.0 Å². The number of nitrogens with one attached hydrogen (secondary N) is 1. The van der Waals surface area contributed by atoms with E-state index in [1.807, 2.05) is 43.0 Å². The second-order valence-electron chi connectivity index (χ2n) is 8.41. The molecule has 1 saturated heterocycles. The van der Waals surface area contributed by atoms with Crippen LogP contribution in [0.3, 0.4) is 0 Å². The average molecular weight is 463 g/mol. The van der Waals surface area contributed by atoms with E-state index in [-0.39, 0.29) is 23.3 Å². The van der Waals surface area contributed by atoms with E-state index in [0.29, 0.717) is 43.2 Å². The molecule has 176 valence electrons. The lowest BCUT2D eigenvalue weighted by Gasteiger charge is -2.37. The molecule has 1 aliphatic heterocycles. The van der Waals surface area contributed by atoms with E-state index in [1.54, 1.807) is 24.3 Å². The zero-order valence-corrected chi connectivity index (χ0v) is 19.1. The quantitative estimate of drug-likeness (QED) is 0.429. The standard InChI is InChI=1S/C25H26N4O5/c1-17(2)25(31)28-14-12-27(13-15-28)21-9-4-3-8-20(21)26-24(30)23-11-10-22(34-23)18-6-5-7-19(16-18)29(32)33/h3-11,16-17H,12-15H2,1-2H3,(H,26,30). The van der Waals surface area contributed by atoms with Crippen LogP contribution in [-0.4, -0.2) is 47.8 Å². The number of benzene rings is 2. The van der Waals surface area contributed by atoms with Gasteiger partial charge in [0.05, 0.1) is 16.3 Å². The van der Waals surface area contributed by atoms with E-state index < -0.39 is 10.8 Å². The molecule has 2 aromatic carbocycles. The predicted octanol–water partition coefficient (Wildman–Crippen LogP) is 4.41. The smallest absolute Gasteiger partial charge is 0.291 e. The van der Waals surface area contributed by atoms with Crippen molar-refractivity contribution in [2.75, 3.05) is 36.4 Å². The van der Waals surface area contributed by atoms with Gasteiger partial charge in [-0.25, -0.2) is 0 Å². The molecule has 1 aromatic heterocycles. The lowest BCUT2D eigenvalue weighted by Crippen LogP contribution is -2.50. The summed E-state index contributed by atoms with van der Waals surface area (Å²) in [7, 11) is 0. The Kier molecular flexibility index (Phi) is 6.62. The van der Waals surface area contributed by atoms with E-state index >= 15 is 0 Å². The van der Waals surface area contributed by atoms with E-state index in [2.05, 4.69) is 10.2 Å². The van der Waals surface area contributed by atoms with E-state index in [1.165, 1.54) is 12.1 Å². The minimum Gasteiger partial charge on any atom is -0.451 e. The van der Waals surface area contributed by atoms with Crippen molar-refractivity contribution in [3.63, 3.8) is 0 Å². The fourth-order valence-corrected chi connectivity index (χ4v) is 3.96. The highest BCUT2D eigenvalue weighted by Crippen LogP contribution is 2.29. The molecule has 9 nitrogen and oxygen atoms in total. The number of hydrogen-bond acceptors (Lipinski definition) is 6. The molecule has 2 amide bonds. The van der Waals surface area contributed by atoms with Crippen LogP contribution < -0.4 is 10.2 Å².